The molecule has 0 bridgehead atoms. The predicted octanol–water partition coefficient (Wildman–Crippen LogP) is 15.2. The van der Waals surface area contributed by atoms with E-state index in [9.17, 15) is 0 Å². The Balaban J connectivity index is 1.03. The lowest BCUT2D eigenvalue weighted by atomic mass is 10.0. The monoisotopic (exact) mass is 734 g/mol. The lowest BCUT2D eigenvalue weighted by Crippen LogP contribution is -2.09. The summed E-state index contributed by atoms with van der Waals surface area (Å²) in [5.41, 5.74) is 9.60. The van der Waals surface area contributed by atoms with Crippen molar-refractivity contribution in [2.75, 3.05) is 4.90 Å². The zero-order chi connectivity index (χ0) is 36.7. The van der Waals surface area contributed by atoms with Crippen LogP contribution in [0.15, 0.2) is 191 Å². The molecule has 4 nitrogen and oxygen atoms in total. The molecule has 0 aliphatic carbocycles. The summed E-state index contributed by atoms with van der Waals surface area (Å²) in [5.74, 6) is 0.581. The number of anilines is 3. The Morgan fingerprint density at radius 3 is 2.04 bits per heavy atom. The number of rotatable bonds is 5. The molecule has 0 unspecified atom stereocenters. The SMILES string of the molecule is c1ccc(-c2cccc(N(c3ccc4c(c3)oc3cccc(-c5nc6ccc7ccccc7c6o5)c34)c3ccc4c(c3)sc3cc5ccccc5cc34)c2)cc1. The highest BCUT2D eigenvalue weighted by Crippen LogP contribution is 2.45. The molecule has 0 saturated heterocycles. The lowest BCUT2D eigenvalue weighted by molar-refractivity contribution is 0.623. The second-order valence-corrected chi connectivity index (χ2v) is 15.4. The van der Waals surface area contributed by atoms with Crippen LogP contribution in [0.4, 0.5) is 17.1 Å². The summed E-state index contributed by atoms with van der Waals surface area (Å²) < 4.78 is 15.7. The molecule has 3 aromatic heterocycles. The molecule has 0 aliphatic rings. The van der Waals surface area contributed by atoms with Gasteiger partial charge < -0.3 is 13.7 Å². The molecular weight excluding hydrogens is 705 g/mol. The van der Waals surface area contributed by atoms with Gasteiger partial charge in [0.05, 0.1) is 0 Å². The van der Waals surface area contributed by atoms with Crippen molar-refractivity contribution in [2.24, 2.45) is 0 Å². The molecule has 0 spiro atoms. The van der Waals surface area contributed by atoms with Gasteiger partial charge in [0.2, 0.25) is 5.89 Å². The third-order valence-corrected chi connectivity index (χ3v) is 12.2. The molecule has 0 radical (unpaired) electrons. The van der Waals surface area contributed by atoms with Crippen LogP contribution in [0.5, 0.6) is 0 Å². The van der Waals surface area contributed by atoms with E-state index in [0.717, 1.165) is 72.0 Å². The van der Waals surface area contributed by atoms with Crippen molar-refractivity contribution in [1.29, 1.82) is 0 Å². The molecule has 0 atom stereocenters. The molecule has 56 heavy (non-hydrogen) atoms. The average Bonchev–Trinajstić information content (AvgIpc) is 3.96. The summed E-state index contributed by atoms with van der Waals surface area (Å²) in [6, 6.07) is 64.5. The Labute approximate surface area is 325 Å². The molecule has 0 saturated carbocycles. The van der Waals surface area contributed by atoms with Crippen LogP contribution < -0.4 is 4.90 Å². The zero-order valence-electron chi connectivity index (χ0n) is 29.9. The lowest BCUT2D eigenvalue weighted by Gasteiger charge is -2.26. The number of furan rings is 1. The molecule has 0 aliphatic heterocycles. The van der Waals surface area contributed by atoms with E-state index < -0.39 is 0 Å². The minimum absolute atomic E-state index is 0.581. The smallest absolute Gasteiger partial charge is 0.228 e. The Hall–Kier alpha value is -7.21. The summed E-state index contributed by atoms with van der Waals surface area (Å²) in [6.45, 7) is 0. The number of benzene rings is 9. The van der Waals surface area contributed by atoms with E-state index in [-0.39, 0.29) is 0 Å². The Morgan fingerprint density at radius 1 is 0.429 bits per heavy atom. The third-order valence-electron chi connectivity index (χ3n) is 11.0. The fourth-order valence-electron chi connectivity index (χ4n) is 8.39. The highest BCUT2D eigenvalue weighted by Gasteiger charge is 2.21. The quantitative estimate of drug-likeness (QED) is 0.177. The van der Waals surface area contributed by atoms with Crippen LogP contribution in [0.25, 0.3) is 97.3 Å². The first-order chi connectivity index (χ1) is 27.7. The second-order valence-electron chi connectivity index (χ2n) is 14.3. The molecule has 5 heteroatoms. The summed E-state index contributed by atoms with van der Waals surface area (Å²) >= 11 is 1.85. The van der Waals surface area contributed by atoms with Crippen molar-refractivity contribution in [2.45, 2.75) is 0 Å². The van der Waals surface area contributed by atoms with Crippen molar-refractivity contribution >= 4 is 103 Å². The Kier molecular flexibility index (Phi) is 6.76. The van der Waals surface area contributed by atoms with Gasteiger partial charge in [-0.2, -0.15) is 0 Å². The topological polar surface area (TPSA) is 42.4 Å². The average molecular weight is 735 g/mol. The van der Waals surface area contributed by atoms with E-state index in [0.29, 0.717) is 5.89 Å². The van der Waals surface area contributed by atoms with Crippen molar-refractivity contribution in [3.63, 3.8) is 0 Å². The van der Waals surface area contributed by atoms with E-state index in [1.165, 1.54) is 36.5 Å². The highest BCUT2D eigenvalue weighted by molar-refractivity contribution is 7.25. The minimum Gasteiger partial charge on any atom is -0.456 e. The molecule has 12 rings (SSSR count). The van der Waals surface area contributed by atoms with Gasteiger partial charge in [0, 0.05) is 65.0 Å². The minimum atomic E-state index is 0.581. The van der Waals surface area contributed by atoms with Gasteiger partial charge in [-0.1, -0.05) is 109 Å². The van der Waals surface area contributed by atoms with Gasteiger partial charge in [0.1, 0.15) is 16.7 Å². The van der Waals surface area contributed by atoms with Gasteiger partial charge in [0.15, 0.2) is 5.58 Å². The summed E-state index contributed by atoms with van der Waals surface area (Å²) in [5, 5.41) is 9.26. The standard InChI is InChI=1S/C51H30N2O2S/c1-2-10-31(11-3-1)33-15-8-16-36(26-33)53(38-21-23-40-43-27-34-13-4-5-14-35(34)28-47(43)56-48(40)30-38)37-22-24-41-46(29-37)54-45-19-9-18-42(49(41)45)51-52-44-25-20-32-12-6-7-17-39(32)50(44)55-51/h1-30H. The zero-order valence-corrected chi connectivity index (χ0v) is 30.8. The summed E-state index contributed by atoms with van der Waals surface area (Å²) in [7, 11) is 0. The van der Waals surface area contributed by atoms with Gasteiger partial charge in [-0.3, -0.25) is 0 Å². The first-order valence-corrected chi connectivity index (χ1v) is 19.6. The summed E-state index contributed by atoms with van der Waals surface area (Å²) in [4.78, 5) is 7.31. The van der Waals surface area contributed by atoms with Crippen LogP contribution in [-0.2, 0) is 0 Å². The molecule has 3 heterocycles. The largest absolute Gasteiger partial charge is 0.456 e. The van der Waals surface area contributed by atoms with Crippen LogP contribution in [0.1, 0.15) is 0 Å². The van der Waals surface area contributed by atoms with Crippen molar-refractivity contribution in [3.8, 4) is 22.6 Å². The van der Waals surface area contributed by atoms with Gasteiger partial charge in [0.25, 0.3) is 0 Å². The number of hydrogen-bond donors (Lipinski definition) is 0. The fourth-order valence-corrected chi connectivity index (χ4v) is 9.56. The van der Waals surface area contributed by atoms with E-state index in [2.05, 4.69) is 157 Å². The third kappa shape index (κ3) is 4.88. The van der Waals surface area contributed by atoms with Crippen molar-refractivity contribution in [3.05, 3.63) is 182 Å². The maximum absolute atomic E-state index is 6.67. The Bertz CT molecular complexity index is 3500. The highest BCUT2D eigenvalue weighted by atomic mass is 32.1. The van der Waals surface area contributed by atoms with Crippen LogP contribution in [0.3, 0.4) is 0 Å². The number of thiophene rings is 1. The van der Waals surface area contributed by atoms with Crippen LogP contribution >= 0.6 is 11.3 Å². The number of oxazole rings is 1. The van der Waals surface area contributed by atoms with Crippen LogP contribution in [-0.4, -0.2) is 4.98 Å². The van der Waals surface area contributed by atoms with E-state index in [1.54, 1.807) is 0 Å². The summed E-state index contributed by atoms with van der Waals surface area (Å²) in [6.07, 6.45) is 0. The molecule has 0 fully saturated rings. The normalized spacial score (nSPS) is 11.9. The number of fused-ring (bicyclic) bond motifs is 10. The van der Waals surface area contributed by atoms with Crippen molar-refractivity contribution < 1.29 is 8.83 Å². The maximum Gasteiger partial charge on any atom is 0.228 e. The first-order valence-electron chi connectivity index (χ1n) is 18.8. The molecular formula is C51H30N2O2S. The van der Waals surface area contributed by atoms with Crippen LogP contribution in [0.2, 0.25) is 0 Å². The van der Waals surface area contributed by atoms with Crippen LogP contribution in [0, 0.1) is 0 Å². The van der Waals surface area contributed by atoms with Gasteiger partial charge in [-0.15, -0.1) is 11.3 Å². The molecule has 0 N–H and O–H groups in total. The Morgan fingerprint density at radius 2 is 1.14 bits per heavy atom. The molecule has 0 amide bonds. The van der Waals surface area contributed by atoms with Gasteiger partial charge >= 0.3 is 0 Å². The molecule has 262 valence electrons. The van der Waals surface area contributed by atoms with Gasteiger partial charge in [-0.05, 0) is 94.0 Å². The maximum atomic E-state index is 6.67. The van der Waals surface area contributed by atoms with Gasteiger partial charge in [-0.25, -0.2) is 4.98 Å². The predicted molar refractivity (Wildman–Crippen MR) is 235 cm³/mol. The fraction of sp³-hybridized carbons (Fsp3) is 0. The number of hydrogen-bond acceptors (Lipinski definition) is 5. The molecule has 12 aromatic rings. The van der Waals surface area contributed by atoms with E-state index in [1.807, 2.05) is 41.7 Å². The van der Waals surface area contributed by atoms with Crippen molar-refractivity contribution in [1.82, 2.24) is 4.98 Å². The first kappa shape index (κ1) is 31.2. The van der Waals surface area contributed by atoms with E-state index >= 15 is 0 Å². The molecule has 9 aromatic carbocycles. The number of nitrogens with zero attached hydrogens (tertiary/aromatic N) is 2. The second kappa shape index (κ2) is 12.2. The number of aromatic nitrogens is 1. The van der Waals surface area contributed by atoms with E-state index in [4.69, 9.17) is 13.8 Å².